The molecule has 0 heterocycles. The fourth-order valence-electron chi connectivity index (χ4n) is 4.67. The summed E-state index contributed by atoms with van der Waals surface area (Å²) in [5, 5.41) is 3.65. The van der Waals surface area contributed by atoms with E-state index in [-0.39, 0.29) is 5.41 Å². The molecule has 2 aliphatic rings. The van der Waals surface area contributed by atoms with Crippen LogP contribution in [0.25, 0.3) is 0 Å². The van der Waals surface area contributed by atoms with Gasteiger partial charge in [0.25, 0.3) is 0 Å². The first kappa shape index (κ1) is 13.9. The molecule has 110 valence electrons. The molecule has 0 saturated heterocycles. The Kier molecular flexibility index (Phi) is 3.76. The quantitative estimate of drug-likeness (QED) is 0.887. The van der Waals surface area contributed by atoms with Crippen molar-refractivity contribution in [3.63, 3.8) is 0 Å². The van der Waals surface area contributed by atoms with E-state index in [9.17, 15) is 0 Å². The Balaban J connectivity index is 2.10. The zero-order valence-corrected chi connectivity index (χ0v) is 13.0. The molecule has 20 heavy (non-hydrogen) atoms. The molecule has 2 bridgehead atoms. The SMILES string of the molecule is CN[C@H]1C2CCCCC[C@]1(C)c1cc(OC)ccc1C2. The summed E-state index contributed by atoms with van der Waals surface area (Å²) < 4.78 is 5.47. The standard InChI is InChI=1S/C18H27NO/c1-18-10-6-4-5-7-14(17(18)19-2)11-13-8-9-15(20-3)12-16(13)18/h8-9,12,14,17,19H,4-7,10-11H2,1-3H3/t14?,17-,18+/m0/s1. The first-order valence-corrected chi connectivity index (χ1v) is 8.03. The largest absolute Gasteiger partial charge is 0.497 e. The average Bonchev–Trinajstić information content (AvgIpc) is 2.45. The fourth-order valence-corrected chi connectivity index (χ4v) is 4.67. The zero-order valence-electron chi connectivity index (χ0n) is 13.0. The van der Waals surface area contributed by atoms with Crippen LogP contribution in [0, 0.1) is 5.92 Å². The van der Waals surface area contributed by atoms with Crippen molar-refractivity contribution in [3.05, 3.63) is 29.3 Å². The van der Waals surface area contributed by atoms with Crippen LogP contribution in [0.4, 0.5) is 0 Å². The number of rotatable bonds is 2. The maximum Gasteiger partial charge on any atom is 0.119 e. The van der Waals surface area contributed by atoms with Crippen molar-refractivity contribution in [2.24, 2.45) is 5.92 Å². The molecular weight excluding hydrogens is 246 g/mol. The second-order valence-corrected chi connectivity index (χ2v) is 6.77. The van der Waals surface area contributed by atoms with Crippen LogP contribution in [0.5, 0.6) is 5.75 Å². The summed E-state index contributed by atoms with van der Waals surface area (Å²) >= 11 is 0. The summed E-state index contributed by atoms with van der Waals surface area (Å²) in [4.78, 5) is 0. The summed E-state index contributed by atoms with van der Waals surface area (Å²) in [7, 11) is 3.91. The van der Waals surface area contributed by atoms with Crippen molar-refractivity contribution < 1.29 is 4.74 Å². The monoisotopic (exact) mass is 273 g/mol. The van der Waals surface area contributed by atoms with Gasteiger partial charge in [-0.2, -0.15) is 0 Å². The van der Waals surface area contributed by atoms with E-state index in [0.29, 0.717) is 6.04 Å². The van der Waals surface area contributed by atoms with Crippen molar-refractivity contribution in [3.8, 4) is 5.75 Å². The van der Waals surface area contributed by atoms with Gasteiger partial charge < -0.3 is 10.1 Å². The Morgan fingerprint density at radius 3 is 2.85 bits per heavy atom. The lowest BCUT2D eigenvalue weighted by Gasteiger charge is -2.49. The molecule has 0 aliphatic heterocycles. The Hall–Kier alpha value is -1.02. The number of likely N-dealkylation sites (N-methyl/N-ethyl adjacent to an activating group) is 1. The summed E-state index contributed by atoms with van der Waals surface area (Å²) in [5.41, 5.74) is 3.32. The molecule has 1 fully saturated rings. The van der Waals surface area contributed by atoms with Crippen molar-refractivity contribution >= 4 is 0 Å². The molecule has 2 nitrogen and oxygen atoms in total. The van der Waals surface area contributed by atoms with Crippen LogP contribution < -0.4 is 10.1 Å². The van der Waals surface area contributed by atoms with Crippen LogP contribution in [-0.2, 0) is 11.8 Å². The fraction of sp³-hybridized carbons (Fsp3) is 0.667. The summed E-state index contributed by atoms with van der Waals surface area (Å²) in [5.74, 6) is 1.78. The van der Waals surface area contributed by atoms with Gasteiger partial charge in [-0.1, -0.05) is 32.3 Å². The highest BCUT2D eigenvalue weighted by molar-refractivity contribution is 5.44. The topological polar surface area (TPSA) is 21.3 Å². The lowest BCUT2D eigenvalue weighted by Crippen LogP contribution is -2.54. The van der Waals surface area contributed by atoms with Gasteiger partial charge in [-0.15, -0.1) is 0 Å². The summed E-state index contributed by atoms with van der Waals surface area (Å²) in [6.45, 7) is 2.46. The Labute approximate surface area is 122 Å². The van der Waals surface area contributed by atoms with Gasteiger partial charge in [-0.3, -0.25) is 0 Å². The number of nitrogens with one attached hydrogen (secondary N) is 1. The van der Waals surface area contributed by atoms with E-state index >= 15 is 0 Å². The molecule has 0 radical (unpaired) electrons. The number of fused-ring (bicyclic) bond motifs is 4. The summed E-state index contributed by atoms with van der Waals surface area (Å²) in [6, 6.07) is 7.31. The van der Waals surface area contributed by atoms with Gasteiger partial charge in [0.1, 0.15) is 5.75 Å². The molecule has 2 heteroatoms. The molecule has 2 aliphatic carbocycles. The van der Waals surface area contributed by atoms with Crippen molar-refractivity contribution in [1.29, 1.82) is 0 Å². The van der Waals surface area contributed by atoms with Gasteiger partial charge in [0.15, 0.2) is 0 Å². The lowest BCUT2D eigenvalue weighted by molar-refractivity contribution is 0.174. The molecular formula is C18H27NO. The third-order valence-corrected chi connectivity index (χ3v) is 5.65. The third-order valence-electron chi connectivity index (χ3n) is 5.65. The van der Waals surface area contributed by atoms with Crippen molar-refractivity contribution in [2.45, 2.75) is 56.9 Å². The van der Waals surface area contributed by atoms with E-state index < -0.39 is 0 Å². The van der Waals surface area contributed by atoms with E-state index in [1.807, 2.05) is 0 Å². The van der Waals surface area contributed by atoms with E-state index in [0.717, 1.165) is 11.7 Å². The molecule has 1 aromatic carbocycles. The minimum absolute atomic E-state index is 0.252. The van der Waals surface area contributed by atoms with Crippen LogP contribution in [0.2, 0.25) is 0 Å². The summed E-state index contributed by atoms with van der Waals surface area (Å²) in [6.07, 6.45) is 8.01. The van der Waals surface area contributed by atoms with Gasteiger partial charge in [0.2, 0.25) is 0 Å². The molecule has 3 atom stereocenters. The number of benzene rings is 1. The minimum Gasteiger partial charge on any atom is -0.497 e. The third kappa shape index (κ3) is 2.14. The molecule has 0 aromatic heterocycles. The second kappa shape index (κ2) is 5.40. The highest BCUT2D eigenvalue weighted by Gasteiger charge is 2.44. The Morgan fingerprint density at radius 1 is 1.25 bits per heavy atom. The number of hydrogen-bond acceptors (Lipinski definition) is 2. The van der Waals surface area contributed by atoms with Crippen molar-refractivity contribution in [2.75, 3.05) is 14.2 Å². The highest BCUT2D eigenvalue weighted by Crippen LogP contribution is 2.47. The molecule has 1 N–H and O–H groups in total. The van der Waals surface area contributed by atoms with Gasteiger partial charge in [-0.05, 0) is 55.5 Å². The molecule has 1 saturated carbocycles. The zero-order chi connectivity index (χ0) is 14.2. The van der Waals surface area contributed by atoms with Crippen LogP contribution >= 0.6 is 0 Å². The lowest BCUT2D eigenvalue weighted by atomic mass is 9.59. The van der Waals surface area contributed by atoms with Crippen LogP contribution in [0.15, 0.2) is 18.2 Å². The van der Waals surface area contributed by atoms with Gasteiger partial charge in [0.05, 0.1) is 7.11 Å². The minimum atomic E-state index is 0.252. The molecule has 1 unspecified atom stereocenters. The Bertz CT molecular complexity index is 484. The first-order valence-electron chi connectivity index (χ1n) is 8.03. The predicted molar refractivity (Wildman–Crippen MR) is 83.5 cm³/mol. The molecule has 1 aromatic rings. The normalized spacial score (nSPS) is 33.0. The first-order chi connectivity index (χ1) is 9.69. The van der Waals surface area contributed by atoms with E-state index in [1.165, 1.54) is 44.1 Å². The predicted octanol–water partition coefficient (Wildman–Crippen LogP) is 3.68. The van der Waals surface area contributed by atoms with Crippen molar-refractivity contribution in [1.82, 2.24) is 5.32 Å². The second-order valence-electron chi connectivity index (χ2n) is 6.77. The number of methoxy groups -OCH3 is 1. The van der Waals surface area contributed by atoms with E-state index in [2.05, 4.69) is 37.5 Å². The van der Waals surface area contributed by atoms with E-state index in [4.69, 9.17) is 4.74 Å². The van der Waals surface area contributed by atoms with Crippen LogP contribution in [0.1, 0.15) is 50.2 Å². The Morgan fingerprint density at radius 2 is 2.10 bits per heavy atom. The maximum atomic E-state index is 5.47. The number of hydrogen-bond donors (Lipinski definition) is 1. The van der Waals surface area contributed by atoms with E-state index in [1.54, 1.807) is 12.7 Å². The molecule has 3 rings (SSSR count). The van der Waals surface area contributed by atoms with Gasteiger partial charge in [-0.25, -0.2) is 0 Å². The smallest absolute Gasteiger partial charge is 0.119 e. The molecule has 0 amide bonds. The van der Waals surface area contributed by atoms with Gasteiger partial charge >= 0.3 is 0 Å². The molecule has 0 spiro atoms. The van der Waals surface area contributed by atoms with Crippen LogP contribution in [-0.4, -0.2) is 20.2 Å². The van der Waals surface area contributed by atoms with Gasteiger partial charge in [0, 0.05) is 11.5 Å². The average molecular weight is 273 g/mol. The van der Waals surface area contributed by atoms with Crippen LogP contribution in [0.3, 0.4) is 0 Å². The number of ether oxygens (including phenoxy) is 1. The highest BCUT2D eigenvalue weighted by atomic mass is 16.5. The maximum absolute atomic E-state index is 5.47.